The topological polar surface area (TPSA) is 49.4 Å². The lowest BCUT2D eigenvalue weighted by Crippen LogP contribution is -2.53. The highest BCUT2D eigenvalue weighted by molar-refractivity contribution is 5.82. The fourth-order valence-electron chi connectivity index (χ4n) is 2.69. The van der Waals surface area contributed by atoms with Crippen molar-refractivity contribution in [2.24, 2.45) is 0 Å². The summed E-state index contributed by atoms with van der Waals surface area (Å²) in [5.74, 6) is 0. The molecular weight excluding hydrogens is 240 g/mol. The number of anilines is 1. The quantitative estimate of drug-likeness (QED) is 0.806. The average Bonchev–Trinajstić information content (AvgIpc) is 2.44. The molecule has 2 aromatic carbocycles. The Morgan fingerprint density at radius 1 is 1.16 bits per heavy atom. The molecule has 2 aromatic rings. The molecule has 1 heterocycles. The van der Waals surface area contributed by atoms with E-state index in [0.717, 1.165) is 25.2 Å². The summed E-state index contributed by atoms with van der Waals surface area (Å²) in [6, 6.07) is 9.77. The van der Waals surface area contributed by atoms with E-state index in [9.17, 15) is 9.59 Å². The Morgan fingerprint density at radius 2 is 1.89 bits per heavy atom. The van der Waals surface area contributed by atoms with E-state index < -0.39 is 0 Å². The standard InChI is InChI=1S/C15H16N2O2/c1-10-9-17(8-7-16-10)13-12(14(18)15(13)19)11-5-3-2-4-6-11/h2-6,10,16H,7-9H2,1H3/t10-/m1/s1. The van der Waals surface area contributed by atoms with E-state index >= 15 is 0 Å². The molecule has 19 heavy (non-hydrogen) atoms. The predicted octanol–water partition coefficient (Wildman–Crippen LogP) is 0.748. The van der Waals surface area contributed by atoms with Crippen molar-refractivity contribution in [2.45, 2.75) is 13.0 Å². The molecular formula is C15H16N2O2. The van der Waals surface area contributed by atoms with Crippen LogP contribution in [0, 0.1) is 0 Å². The molecule has 0 radical (unpaired) electrons. The molecule has 0 aromatic heterocycles. The Kier molecular flexibility index (Phi) is 2.95. The third-order valence-electron chi connectivity index (χ3n) is 3.63. The van der Waals surface area contributed by atoms with Crippen molar-refractivity contribution in [2.75, 3.05) is 24.5 Å². The Hall–Kier alpha value is -1.94. The summed E-state index contributed by atoms with van der Waals surface area (Å²) in [5, 5.41) is 3.34. The zero-order chi connectivity index (χ0) is 13.4. The van der Waals surface area contributed by atoms with Crippen LogP contribution in [0.25, 0.3) is 11.1 Å². The van der Waals surface area contributed by atoms with E-state index in [2.05, 4.69) is 12.2 Å². The Bertz CT molecular complexity index is 656. The van der Waals surface area contributed by atoms with E-state index in [0.29, 0.717) is 17.3 Å². The van der Waals surface area contributed by atoms with E-state index in [1.807, 2.05) is 35.2 Å². The van der Waals surface area contributed by atoms with Crippen LogP contribution in [0.1, 0.15) is 6.92 Å². The minimum atomic E-state index is -0.354. The van der Waals surface area contributed by atoms with Crippen molar-refractivity contribution in [3.63, 3.8) is 0 Å². The van der Waals surface area contributed by atoms with Gasteiger partial charge in [-0.3, -0.25) is 9.59 Å². The molecule has 1 atom stereocenters. The van der Waals surface area contributed by atoms with Gasteiger partial charge in [0.15, 0.2) is 0 Å². The molecule has 0 aliphatic carbocycles. The average molecular weight is 256 g/mol. The van der Waals surface area contributed by atoms with Gasteiger partial charge in [-0.05, 0) is 12.5 Å². The molecule has 98 valence electrons. The number of hydrogen-bond donors (Lipinski definition) is 1. The fraction of sp³-hybridized carbons (Fsp3) is 0.333. The lowest BCUT2D eigenvalue weighted by molar-refractivity contribution is 0.484. The van der Waals surface area contributed by atoms with Crippen LogP contribution in [0.2, 0.25) is 0 Å². The molecule has 1 saturated heterocycles. The van der Waals surface area contributed by atoms with Gasteiger partial charge in [0.05, 0.1) is 5.56 Å². The smallest absolute Gasteiger partial charge is 0.250 e. The first-order valence-electron chi connectivity index (χ1n) is 6.55. The second-order valence-corrected chi connectivity index (χ2v) is 5.05. The van der Waals surface area contributed by atoms with Crippen molar-refractivity contribution < 1.29 is 0 Å². The van der Waals surface area contributed by atoms with E-state index in [1.54, 1.807) is 0 Å². The third-order valence-corrected chi connectivity index (χ3v) is 3.63. The van der Waals surface area contributed by atoms with Gasteiger partial charge < -0.3 is 10.2 Å². The van der Waals surface area contributed by atoms with Gasteiger partial charge in [-0.25, -0.2) is 0 Å². The Labute approximate surface area is 111 Å². The summed E-state index contributed by atoms with van der Waals surface area (Å²) in [5.41, 5.74) is 1.33. The lowest BCUT2D eigenvalue weighted by atomic mass is 9.97. The minimum Gasteiger partial charge on any atom is -0.365 e. The molecule has 4 nitrogen and oxygen atoms in total. The molecule has 1 aliphatic heterocycles. The van der Waals surface area contributed by atoms with Crippen LogP contribution >= 0.6 is 0 Å². The van der Waals surface area contributed by atoms with Gasteiger partial charge in [0, 0.05) is 25.7 Å². The Morgan fingerprint density at radius 3 is 2.58 bits per heavy atom. The fourth-order valence-corrected chi connectivity index (χ4v) is 2.69. The van der Waals surface area contributed by atoms with Gasteiger partial charge in [-0.15, -0.1) is 0 Å². The van der Waals surface area contributed by atoms with Gasteiger partial charge in [0.1, 0.15) is 5.69 Å². The minimum absolute atomic E-state index is 0.335. The van der Waals surface area contributed by atoms with Crippen LogP contribution in [0.5, 0.6) is 0 Å². The number of hydrogen-bond acceptors (Lipinski definition) is 4. The lowest BCUT2D eigenvalue weighted by Gasteiger charge is -2.35. The molecule has 0 saturated carbocycles. The van der Waals surface area contributed by atoms with Crippen LogP contribution in [0.4, 0.5) is 5.69 Å². The van der Waals surface area contributed by atoms with Crippen LogP contribution < -0.4 is 21.1 Å². The molecule has 0 bridgehead atoms. The number of nitrogens with zero attached hydrogens (tertiary/aromatic N) is 1. The maximum Gasteiger partial charge on any atom is 0.250 e. The number of nitrogens with one attached hydrogen (secondary N) is 1. The number of rotatable bonds is 2. The molecule has 0 spiro atoms. The number of piperazine rings is 1. The molecule has 1 fully saturated rings. The van der Waals surface area contributed by atoms with Crippen LogP contribution in [0.15, 0.2) is 39.9 Å². The van der Waals surface area contributed by atoms with Crippen LogP contribution in [-0.4, -0.2) is 25.7 Å². The highest BCUT2D eigenvalue weighted by atomic mass is 16.2. The summed E-state index contributed by atoms with van der Waals surface area (Å²) in [7, 11) is 0. The maximum absolute atomic E-state index is 11.9. The first-order valence-corrected chi connectivity index (χ1v) is 6.55. The summed E-state index contributed by atoms with van der Waals surface area (Å²) >= 11 is 0. The summed E-state index contributed by atoms with van der Waals surface area (Å²) < 4.78 is 0. The summed E-state index contributed by atoms with van der Waals surface area (Å²) in [4.78, 5) is 25.8. The SMILES string of the molecule is C[C@@H]1CN(c2c(-c3ccccc3)c(=O)c2=O)CCN1. The van der Waals surface area contributed by atoms with E-state index in [4.69, 9.17) is 0 Å². The van der Waals surface area contributed by atoms with Gasteiger partial charge >= 0.3 is 0 Å². The van der Waals surface area contributed by atoms with Crippen LogP contribution in [0.3, 0.4) is 0 Å². The van der Waals surface area contributed by atoms with Crippen LogP contribution in [-0.2, 0) is 0 Å². The Balaban J connectivity index is 2.02. The van der Waals surface area contributed by atoms with Crippen molar-refractivity contribution in [3.8, 4) is 11.1 Å². The van der Waals surface area contributed by atoms with Gasteiger partial charge in [-0.1, -0.05) is 30.3 Å². The van der Waals surface area contributed by atoms with Crippen molar-refractivity contribution in [1.82, 2.24) is 5.32 Å². The van der Waals surface area contributed by atoms with E-state index in [1.165, 1.54) is 0 Å². The zero-order valence-electron chi connectivity index (χ0n) is 10.8. The first-order chi connectivity index (χ1) is 9.18. The highest BCUT2D eigenvalue weighted by Crippen LogP contribution is 2.26. The van der Waals surface area contributed by atoms with Gasteiger partial charge in [0.2, 0.25) is 10.9 Å². The van der Waals surface area contributed by atoms with Crippen molar-refractivity contribution >= 4 is 5.69 Å². The number of benzene rings is 1. The monoisotopic (exact) mass is 256 g/mol. The molecule has 4 heteroatoms. The zero-order valence-corrected chi connectivity index (χ0v) is 10.8. The molecule has 0 unspecified atom stereocenters. The second kappa shape index (κ2) is 4.63. The van der Waals surface area contributed by atoms with Gasteiger partial charge in [0.25, 0.3) is 0 Å². The van der Waals surface area contributed by atoms with Crippen molar-refractivity contribution in [1.29, 1.82) is 0 Å². The molecule has 0 amide bonds. The van der Waals surface area contributed by atoms with E-state index in [-0.39, 0.29) is 10.9 Å². The maximum atomic E-state index is 11.9. The normalized spacial score (nSPS) is 19.8. The van der Waals surface area contributed by atoms with Crippen molar-refractivity contribution in [3.05, 3.63) is 50.8 Å². The molecule has 1 aliphatic rings. The summed E-state index contributed by atoms with van der Waals surface area (Å²) in [6.07, 6.45) is 0. The third kappa shape index (κ3) is 1.98. The van der Waals surface area contributed by atoms with Gasteiger partial charge in [-0.2, -0.15) is 0 Å². The predicted molar refractivity (Wildman–Crippen MR) is 76.5 cm³/mol. The molecule has 1 N–H and O–H groups in total. The second-order valence-electron chi connectivity index (χ2n) is 5.05. The first kappa shape index (κ1) is 12.1. The summed E-state index contributed by atoms with van der Waals surface area (Å²) in [6.45, 7) is 4.47. The highest BCUT2D eigenvalue weighted by Gasteiger charge is 2.28. The largest absolute Gasteiger partial charge is 0.365 e. The molecule has 3 rings (SSSR count).